The van der Waals surface area contributed by atoms with Gasteiger partial charge in [0, 0.05) is 50.1 Å². The van der Waals surface area contributed by atoms with E-state index in [-0.39, 0.29) is 39.9 Å². The Hall–Kier alpha value is -3.58. The maximum absolute atomic E-state index is 16.9. The normalized spacial score (nSPS) is 24.9. The van der Waals surface area contributed by atoms with Gasteiger partial charge in [0.2, 0.25) is 0 Å². The summed E-state index contributed by atoms with van der Waals surface area (Å²) in [6.07, 6.45) is 6.90. The maximum Gasteiger partial charge on any atom is 0.319 e. The lowest BCUT2D eigenvalue weighted by Gasteiger charge is -2.40. The summed E-state index contributed by atoms with van der Waals surface area (Å²) in [5.41, 5.74) is 1.74. The lowest BCUT2D eigenvalue weighted by atomic mass is 9.90. The van der Waals surface area contributed by atoms with Gasteiger partial charge in [0.15, 0.2) is 5.82 Å². The summed E-state index contributed by atoms with van der Waals surface area (Å²) in [5, 5.41) is 12.2. The number of halogens is 2. The Balaban J connectivity index is 1.27. The second-order valence-electron chi connectivity index (χ2n) is 13.3. The van der Waals surface area contributed by atoms with Crippen molar-refractivity contribution in [2.24, 2.45) is 0 Å². The number of ether oxygens (including phenoxy) is 1. The third kappa shape index (κ3) is 4.88. The van der Waals surface area contributed by atoms with Crippen LogP contribution in [0.2, 0.25) is 0 Å². The number of phenolic OH excluding ortho intramolecular Hbond substituents is 1. The van der Waals surface area contributed by atoms with E-state index in [2.05, 4.69) is 35.8 Å². The monoisotopic (exact) mass is 645 g/mol. The third-order valence-electron chi connectivity index (χ3n) is 10.2. The van der Waals surface area contributed by atoms with Crippen molar-refractivity contribution in [1.82, 2.24) is 29.3 Å². The number of hydrogen-bond acceptors (Lipinski definition) is 10. The smallest absolute Gasteiger partial charge is 0.319 e. The van der Waals surface area contributed by atoms with E-state index in [0.717, 1.165) is 58.3 Å². The summed E-state index contributed by atoms with van der Waals surface area (Å²) in [6.45, 7) is 10.6. The number of nitrogens with one attached hydrogen (secondary N) is 2. The van der Waals surface area contributed by atoms with Crippen LogP contribution in [0, 0.1) is 11.6 Å². The zero-order chi connectivity index (χ0) is 31.6. The lowest BCUT2D eigenvalue weighted by Crippen LogP contribution is -2.55. The molecule has 4 fully saturated rings. The number of rotatable bonds is 6. The molecule has 6 heterocycles. The second kappa shape index (κ2) is 11.3. The van der Waals surface area contributed by atoms with Gasteiger partial charge in [-0.05, 0) is 79.6 Å². The molecular formula is C34H37F2N7O2S. The van der Waals surface area contributed by atoms with Gasteiger partial charge in [0.25, 0.3) is 0 Å². The first-order valence-electron chi connectivity index (χ1n) is 16.0. The van der Waals surface area contributed by atoms with Crippen molar-refractivity contribution in [2.75, 3.05) is 44.2 Å². The Bertz CT molecular complexity index is 1880. The van der Waals surface area contributed by atoms with Crippen molar-refractivity contribution in [3.8, 4) is 23.0 Å². The van der Waals surface area contributed by atoms with Crippen LogP contribution >= 0.6 is 12.1 Å². The number of anilines is 1. The molecule has 2 aromatic heterocycles. The van der Waals surface area contributed by atoms with Gasteiger partial charge in [0.05, 0.1) is 16.5 Å². The molecule has 8 rings (SSSR count). The van der Waals surface area contributed by atoms with Crippen LogP contribution in [0.1, 0.15) is 44.6 Å². The Morgan fingerprint density at radius 1 is 1.15 bits per heavy atom. The maximum atomic E-state index is 16.9. The summed E-state index contributed by atoms with van der Waals surface area (Å²) >= 11 is 1.51. The summed E-state index contributed by atoms with van der Waals surface area (Å²) in [7, 11) is 0. The van der Waals surface area contributed by atoms with Crippen LogP contribution in [0.25, 0.3) is 32.9 Å². The molecule has 12 heteroatoms. The van der Waals surface area contributed by atoms with E-state index in [1.807, 2.05) is 6.92 Å². The second-order valence-corrected chi connectivity index (χ2v) is 14.0. The Morgan fingerprint density at radius 2 is 2.02 bits per heavy atom. The fourth-order valence-corrected chi connectivity index (χ4v) is 8.96. The van der Waals surface area contributed by atoms with Crippen molar-refractivity contribution in [3.63, 3.8) is 0 Å². The molecule has 46 heavy (non-hydrogen) atoms. The van der Waals surface area contributed by atoms with Crippen LogP contribution in [0.3, 0.4) is 0 Å². The molecule has 9 nitrogen and oxygen atoms in total. The molecule has 2 atom stereocenters. The first-order valence-corrected chi connectivity index (χ1v) is 16.9. The molecule has 0 saturated carbocycles. The molecular weight excluding hydrogens is 608 g/mol. The molecule has 1 spiro atoms. The minimum Gasteiger partial charge on any atom is -0.508 e. The number of pyridine rings is 1. The van der Waals surface area contributed by atoms with Crippen LogP contribution in [-0.2, 0) is 6.42 Å². The molecule has 2 aromatic carbocycles. The Morgan fingerprint density at radius 3 is 2.85 bits per heavy atom. The molecule has 0 amide bonds. The third-order valence-corrected chi connectivity index (χ3v) is 11.1. The van der Waals surface area contributed by atoms with Crippen molar-refractivity contribution < 1.29 is 18.6 Å². The minimum atomic E-state index is -0.665. The first-order chi connectivity index (χ1) is 22.3. The molecule has 2 unspecified atom stereocenters. The standard InChI is InChI=1S/C34H37F2N7O2S/c1-3-23-26(35)7-6-21-12-22(44)13-24(27(21)23)29-28(36)30-25(15-37-29)31(42-10-4-8-33(18-42)17-38-46-41-33)40-32(39-30)45-19-34-9-5-11-43(34)16-20(2)14-34/h6-7,12-13,15,38,41,44H,2-5,8-11,14,16-19H2,1H3. The SMILES string of the molecule is C=C1CN2CCCC2(COc2nc(N3CCCC4(CNSN4)C3)c3cnc(-c4cc(O)cc5ccc(F)c(CC)c45)c(F)c3n2)C1. The molecule has 4 aromatic rings. The highest BCUT2D eigenvalue weighted by Gasteiger charge is 2.47. The number of nitrogens with zero attached hydrogens (tertiary/aromatic N) is 5. The predicted molar refractivity (Wildman–Crippen MR) is 177 cm³/mol. The van der Waals surface area contributed by atoms with E-state index in [1.165, 1.54) is 29.8 Å². The van der Waals surface area contributed by atoms with Crippen LogP contribution in [0.5, 0.6) is 11.8 Å². The molecule has 240 valence electrons. The van der Waals surface area contributed by atoms with Crippen molar-refractivity contribution in [2.45, 2.75) is 56.5 Å². The largest absolute Gasteiger partial charge is 0.508 e. The van der Waals surface area contributed by atoms with Gasteiger partial charge in [0.1, 0.15) is 35.2 Å². The van der Waals surface area contributed by atoms with Gasteiger partial charge in [-0.3, -0.25) is 9.88 Å². The quantitative estimate of drug-likeness (QED) is 0.180. The first kappa shape index (κ1) is 29.8. The number of phenols is 1. The highest BCUT2D eigenvalue weighted by atomic mass is 32.2. The van der Waals surface area contributed by atoms with Crippen molar-refractivity contribution >= 4 is 39.6 Å². The van der Waals surface area contributed by atoms with Crippen LogP contribution in [-0.4, -0.2) is 75.4 Å². The average Bonchev–Trinajstić information content (AvgIpc) is 3.74. The summed E-state index contributed by atoms with van der Waals surface area (Å²) in [6, 6.07) is 6.09. The number of aromatic hydroxyl groups is 1. The number of aromatic nitrogens is 3. The van der Waals surface area contributed by atoms with Crippen molar-refractivity contribution in [3.05, 3.63) is 59.8 Å². The zero-order valence-corrected chi connectivity index (χ0v) is 26.7. The number of aryl methyl sites for hydroxylation is 1. The van der Waals surface area contributed by atoms with Gasteiger partial charge in [-0.2, -0.15) is 9.97 Å². The van der Waals surface area contributed by atoms with Crippen LogP contribution < -0.4 is 19.1 Å². The van der Waals surface area contributed by atoms with E-state index in [4.69, 9.17) is 9.72 Å². The topological polar surface area (TPSA) is 98.7 Å². The minimum absolute atomic E-state index is 0.00914. The Kier molecular flexibility index (Phi) is 7.31. The lowest BCUT2D eigenvalue weighted by molar-refractivity contribution is 0.108. The summed E-state index contributed by atoms with van der Waals surface area (Å²) < 4.78 is 45.2. The fourth-order valence-electron chi connectivity index (χ4n) is 8.09. The fraction of sp³-hybridized carbons (Fsp3) is 0.441. The molecule has 0 aliphatic carbocycles. The molecule has 3 N–H and O–H groups in total. The van der Waals surface area contributed by atoms with Crippen LogP contribution in [0.4, 0.5) is 14.6 Å². The van der Waals surface area contributed by atoms with Gasteiger partial charge >= 0.3 is 6.01 Å². The average molecular weight is 646 g/mol. The summed E-state index contributed by atoms with van der Waals surface area (Å²) in [4.78, 5) is 18.8. The van der Waals surface area contributed by atoms with Gasteiger partial charge in [-0.25, -0.2) is 18.2 Å². The van der Waals surface area contributed by atoms with Gasteiger partial charge in [-0.15, -0.1) is 0 Å². The van der Waals surface area contributed by atoms with E-state index < -0.39 is 5.82 Å². The van der Waals surface area contributed by atoms with E-state index in [9.17, 15) is 9.50 Å². The van der Waals surface area contributed by atoms with Gasteiger partial charge < -0.3 is 14.7 Å². The number of hydrogen-bond donors (Lipinski definition) is 3. The Labute approximate surface area is 270 Å². The summed E-state index contributed by atoms with van der Waals surface area (Å²) in [5.74, 6) is -0.529. The highest BCUT2D eigenvalue weighted by molar-refractivity contribution is 7.95. The number of fused-ring (bicyclic) bond motifs is 3. The molecule has 4 saturated heterocycles. The molecule has 4 aliphatic rings. The van der Waals surface area contributed by atoms with E-state index >= 15 is 4.39 Å². The molecule has 0 radical (unpaired) electrons. The molecule has 0 bridgehead atoms. The van der Waals surface area contributed by atoms with Gasteiger partial charge in [-0.1, -0.05) is 25.1 Å². The zero-order valence-electron chi connectivity index (χ0n) is 25.8. The molecule has 4 aliphatic heterocycles. The van der Waals surface area contributed by atoms with E-state index in [1.54, 1.807) is 18.3 Å². The van der Waals surface area contributed by atoms with Crippen molar-refractivity contribution in [1.29, 1.82) is 0 Å². The highest BCUT2D eigenvalue weighted by Crippen LogP contribution is 2.42. The van der Waals surface area contributed by atoms with Crippen LogP contribution in [0.15, 0.2) is 42.6 Å². The van der Waals surface area contributed by atoms with E-state index in [0.29, 0.717) is 52.7 Å². The number of piperidine rings is 1. The predicted octanol–water partition coefficient (Wildman–Crippen LogP) is 5.66. The number of benzene rings is 2.